The second kappa shape index (κ2) is 10.2. The first kappa shape index (κ1) is 24.2. The third-order valence-electron chi connectivity index (χ3n) is 5.99. The summed E-state index contributed by atoms with van der Waals surface area (Å²) in [5.41, 5.74) is 5.01. The number of hydrogen-bond donors (Lipinski definition) is 1. The van der Waals surface area contributed by atoms with Crippen molar-refractivity contribution in [1.29, 1.82) is 0 Å². The Morgan fingerprint density at radius 3 is 1.80 bits per heavy atom. The van der Waals surface area contributed by atoms with Crippen LogP contribution < -0.4 is 9.62 Å². The molecular weight excluding hydrogens is 456 g/mol. The van der Waals surface area contributed by atoms with E-state index >= 15 is 0 Å². The van der Waals surface area contributed by atoms with Crippen molar-refractivity contribution in [2.24, 2.45) is 0 Å². The van der Waals surface area contributed by atoms with Crippen LogP contribution in [0.25, 0.3) is 0 Å². The summed E-state index contributed by atoms with van der Waals surface area (Å²) in [6.45, 7) is 3.93. The van der Waals surface area contributed by atoms with Crippen LogP contribution in [0.15, 0.2) is 108 Å². The van der Waals surface area contributed by atoms with E-state index in [1.54, 1.807) is 48.5 Å². The lowest BCUT2D eigenvalue weighted by molar-refractivity contribution is 0.0943. The van der Waals surface area contributed by atoms with E-state index in [9.17, 15) is 13.2 Å². The zero-order chi connectivity index (χ0) is 25.0. The largest absolute Gasteiger partial charge is 0.341 e. The molecule has 4 aromatic rings. The first-order valence-electron chi connectivity index (χ1n) is 11.3. The van der Waals surface area contributed by atoms with Crippen molar-refractivity contribution in [3.05, 3.63) is 131 Å². The molecule has 0 saturated heterocycles. The average molecular weight is 485 g/mol. The zero-order valence-electron chi connectivity index (χ0n) is 20.0. The lowest BCUT2D eigenvalue weighted by atomic mass is 9.97. The highest BCUT2D eigenvalue weighted by molar-refractivity contribution is 7.92. The van der Waals surface area contributed by atoms with Gasteiger partial charge in [0.1, 0.15) is 0 Å². The maximum atomic E-state index is 13.2. The van der Waals surface area contributed by atoms with E-state index in [0.29, 0.717) is 11.3 Å². The van der Waals surface area contributed by atoms with Crippen molar-refractivity contribution in [3.63, 3.8) is 0 Å². The first-order chi connectivity index (χ1) is 16.8. The number of aryl methyl sites for hydroxylation is 2. The zero-order valence-corrected chi connectivity index (χ0v) is 20.8. The summed E-state index contributed by atoms with van der Waals surface area (Å²) in [6.07, 6.45) is 0. The first-order valence-corrected chi connectivity index (χ1v) is 12.8. The lowest BCUT2D eigenvalue weighted by Crippen LogP contribution is -2.29. The number of rotatable bonds is 7. The average Bonchev–Trinajstić information content (AvgIpc) is 2.88. The maximum absolute atomic E-state index is 13.2. The van der Waals surface area contributed by atoms with Crippen LogP contribution in [-0.2, 0) is 10.0 Å². The molecule has 1 atom stereocenters. The van der Waals surface area contributed by atoms with Crippen LogP contribution in [-0.4, -0.2) is 21.4 Å². The Bertz CT molecular complexity index is 1400. The molecule has 0 fully saturated rings. The lowest BCUT2D eigenvalue weighted by Gasteiger charge is -2.21. The van der Waals surface area contributed by atoms with Crippen LogP contribution in [0.1, 0.15) is 38.7 Å². The molecule has 4 rings (SSSR count). The predicted octanol–water partition coefficient (Wildman–Crippen LogP) is 5.65. The van der Waals surface area contributed by atoms with Crippen LogP contribution in [0.4, 0.5) is 5.69 Å². The number of hydrogen-bond acceptors (Lipinski definition) is 3. The highest BCUT2D eigenvalue weighted by Crippen LogP contribution is 2.25. The summed E-state index contributed by atoms with van der Waals surface area (Å²) in [6, 6.07) is 30.9. The smallest absolute Gasteiger partial charge is 0.264 e. The number of nitrogens with zero attached hydrogens (tertiary/aromatic N) is 1. The Hall–Kier alpha value is -3.90. The molecule has 0 heterocycles. The predicted molar refractivity (Wildman–Crippen MR) is 140 cm³/mol. The Kier molecular flexibility index (Phi) is 7.03. The highest BCUT2D eigenvalue weighted by atomic mass is 32.2. The summed E-state index contributed by atoms with van der Waals surface area (Å²) in [7, 11) is -2.20. The molecule has 0 saturated carbocycles. The van der Waals surface area contributed by atoms with Crippen molar-refractivity contribution in [1.82, 2.24) is 5.32 Å². The summed E-state index contributed by atoms with van der Waals surface area (Å²) < 4.78 is 27.2. The van der Waals surface area contributed by atoms with E-state index in [2.05, 4.69) is 5.32 Å². The summed E-state index contributed by atoms with van der Waals surface area (Å²) in [4.78, 5) is 13.4. The van der Waals surface area contributed by atoms with Crippen molar-refractivity contribution in [2.45, 2.75) is 24.8 Å². The third-order valence-corrected chi connectivity index (χ3v) is 7.79. The number of sulfonamides is 1. The number of nitrogens with one attached hydrogen (secondary N) is 1. The fraction of sp³-hybridized carbons (Fsp3) is 0.138. The fourth-order valence-corrected chi connectivity index (χ4v) is 5.00. The van der Waals surface area contributed by atoms with Gasteiger partial charge in [0.2, 0.25) is 0 Å². The Balaban J connectivity index is 1.55. The number of carbonyl (C=O) groups is 1. The molecule has 0 spiro atoms. The van der Waals surface area contributed by atoms with Crippen LogP contribution in [0.2, 0.25) is 0 Å². The van der Waals surface area contributed by atoms with Crippen molar-refractivity contribution >= 4 is 21.6 Å². The normalized spacial score (nSPS) is 12.1. The highest BCUT2D eigenvalue weighted by Gasteiger charge is 2.22. The van der Waals surface area contributed by atoms with Gasteiger partial charge < -0.3 is 5.32 Å². The van der Waals surface area contributed by atoms with Gasteiger partial charge in [-0.05, 0) is 61.4 Å². The van der Waals surface area contributed by atoms with Crippen LogP contribution in [0.3, 0.4) is 0 Å². The third kappa shape index (κ3) is 5.44. The summed E-state index contributed by atoms with van der Waals surface area (Å²) >= 11 is 0. The minimum atomic E-state index is -3.70. The van der Waals surface area contributed by atoms with Gasteiger partial charge in [0.15, 0.2) is 0 Å². The monoisotopic (exact) mass is 484 g/mol. The topological polar surface area (TPSA) is 66.5 Å². The van der Waals surface area contributed by atoms with Gasteiger partial charge in [-0.25, -0.2) is 8.42 Å². The van der Waals surface area contributed by atoms with Crippen molar-refractivity contribution < 1.29 is 13.2 Å². The van der Waals surface area contributed by atoms with Gasteiger partial charge >= 0.3 is 0 Å². The standard InChI is InChI=1S/C29H28N2O3S/c1-21-9-13-24(14-10-21)28(23-7-5-4-6-8-23)30-29(32)25-15-17-26(18-16-25)31(3)35(33,34)27-19-11-22(2)12-20-27/h4-20,28H,1-3H3,(H,30,32)/t28-/m1/s1. The second-order valence-electron chi connectivity index (χ2n) is 8.56. The molecule has 1 N–H and O–H groups in total. The van der Waals surface area contributed by atoms with Gasteiger partial charge in [0.25, 0.3) is 15.9 Å². The van der Waals surface area contributed by atoms with Crippen LogP contribution in [0, 0.1) is 13.8 Å². The number of anilines is 1. The molecule has 35 heavy (non-hydrogen) atoms. The number of benzene rings is 4. The number of amides is 1. The molecule has 4 aromatic carbocycles. The summed E-state index contributed by atoms with van der Waals surface area (Å²) in [5, 5.41) is 3.12. The van der Waals surface area contributed by atoms with E-state index in [0.717, 1.165) is 22.3 Å². The molecule has 0 aromatic heterocycles. The molecule has 1 amide bonds. The molecule has 5 nitrogen and oxygen atoms in total. The van der Waals surface area contributed by atoms with Crippen molar-refractivity contribution in [3.8, 4) is 0 Å². The van der Waals surface area contributed by atoms with Crippen molar-refractivity contribution in [2.75, 3.05) is 11.4 Å². The molecule has 0 bridgehead atoms. The van der Waals surface area contributed by atoms with Gasteiger partial charge in [-0.3, -0.25) is 9.10 Å². The van der Waals surface area contributed by atoms with E-state index in [1.165, 1.54) is 11.4 Å². The quantitative estimate of drug-likeness (QED) is 0.369. The maximum Gasteiger partial charge on any atom is 0.264 e. The van der Waals surface area contributed by atoms with E-state index in [-0.39, 0.29) is 16.8 Å². The van der Waals surface area contributed by atoms with Gasteiger partial charge in [-0.15, -0.1) is 0 Å². The SMILES string of the molecule is Cc1ccc([C@H](NC(=O)c2ccc(N(C)S(=O)(=O)c3ccc(C)cc3)cc2)c2ccccc2)cc1. The molecule has 0 aliphatic heterocycles. The number of carbonyl (C=O) groups excluding carboxylic acids is 1. The Morgan fingerprint density at radius 1 is 0.714 bits per heavy atom. The van der Waals surface area contributed by atoms with Gasteiger partial charge in [0, 0.05) is 12.6 Å². The molecular formula is C29H28N2O3S. The minimum Gasteiger partial charge on any atom is -0.341 e. The molecule has 0 unspecified atom stereocenters. The second-order valence-corrected chi connectivity index (χ2v) is 10.5. The molecule has 6 heteroatoms. The molecule has 0 radical (unpaired) electrons. The molecule has 0 aliphatic carbocycles. The van der Waals surface area contributed by atoms with E-state index < -0.39 is 10.0 Å². The Morgan fingerprint density at radius 2 is 1.23 bits per heavy atom. The fourth-order valence-electron chi connectivity index (χ4n) is 3.81. The van der Waals surface area contributed by atoms with E-state index in [1.807, 2.05) is 68.4 Å². The molecule has 0 aliphatic rings. The molecule has 178 valence electrons. The summed E-state index contributed by atoms with van der Waals surface area (Å²) in [5.74, 6) is -0.241. The van der Waals surface area contributed by atoms with Crippen LogP contribution >= 0.6 is 0 Å². The minimum absolute atomic E-state index is 0.219. The van der Waals surface area contributed by atoms with Gasteiger partial charge in [-0.2, -0.15) is 0 Å². The van der Waals surface area contributed by atoms with E-state index in [4.69, 9.17) is 0 Å². The van der Waals surface area contributed by atoms with Gasteiger partial charge in [-0.1, -0.05) is 77.9 Å². The van der Waals surface area contributed by atoms with Crippen LogP contribution in [0.5, 0.6) is 0 Å². The van der Waals surface area contributed by atoms with Gasteiger partial charge in [0.05, 0.1) is 16.6 Å². The Labute approximate surface area is 207 Å².